The standard InChI is InChI=1S/C13H22N2O3S/c1-10(2)13-7-12(15-18-13)8-14-19(16,17)9-11-5-3-4-6-11/h7,10-11,14H,3-6,8-9H2,1-2H3. The molecule has 0 spiro atoms. The molecular formula is C13H22N2O3S. The topological polar surface area (TPSA) is 72.2 Å². The van der Waals surface area contributed by atoms with Crippen LogP contribution in [0.5, 0.6) is 0 Å². The van der Waals surface area contributed by atoms with Gasteiger partial charge in [0, 0.05) is 12.0 Å². The van der Waals surface area contributed by atoms with Crippen molar-refractivity contribution in [1.82, 2.24) is 9.88 Å². The van der Waals surface area contributed by atoms with Crippen LogP contribution in [0.3, 0.4) is 0 Å². The lowest BCUT2D eigenvalue weighted by Gasteiger charge is -2.09. The van der Waals surface area contributed by atoms with Crippen molar-refractivity contribution in [2.45, 2.75) is 52.0 Å². The number of nitrogens with zero attached hydrogens (tertiary/aromatic N) is 1. The molecule has 0 saturated heterocycles. The van der Waals surface area contributed by atoms with Crippen LogP contribution in [0.1, 0.15) is 56.9 Å². The molecule has 1 aromatic heterocycles. The van der Waals surface area contributed by atoms with Crippen molar-refractivity contribution in [3.63, 3.8) is 0 Å². The molecule has 1 saturated carbocycles. The van der Waals surface area contributed by atoms with Gasteiger partial charge in [0.1, 0.15) is 5.76 Å². The lowest BCUT2D eigenvalue weighted by atomic mass is 10.1. The van der Waals surface area contributed by atoms with E-state index in [9.17, 15) is 8.42 Å². The molecule has 0 radical (unpaired) electrons. The van der Waals surface area contributed by atoms with Crippen LogP contribution in [0.2, 0.25) is 0 Å². The van der Waals surface area contributed by atoms with Gasteiger partial charge in [-0.15, -0.1) is 0 Å². The third kappa shape index (κ3) is 4.31. The molecule has 0 aliphatic heterocycles. The molecule has 6 heteroatoms. The summed E-state index contributed by atoms with van der Waals surface area (Å²) in [7, 11) is -3.21. The summed E-state index contributed by atoms with van der Waals surface area (Å²) in [6, 6.07) is 1.81. The van der Waals surface area contributed by atoms with Crippen molar-refractivity contribution in [3.8, 4) is 0 Å². The number of sulfonamides is 1. The zero-order chi connectivity index (χ0) is 13.9. The Morgan fingerprint density at radius 3 is 2.68 bits per heavy atom. The molecule has 108 valence electrons. The zero-order valence-electron chi connectivity index (χ0n) is 11.6. The summed E-state index contributed by atoms with van der Waals surface area (Å²) >= 11 is 0. The summed E-state index contributed by atoms with van der Waals surface area (Å²) in [5.41, 5.74) is 0.638. The Kier molecular flexibility index (Phi) is 4.62. The van der Waals surface area contributed by atoms with Crippen molar-refractivity contribution in [2.75, 3.05) is 5.75 Å². The van der Waals surface area contributed by atoms with E-state index in [1.54, 1.807) is 0 Å². The SMILES string of the molecule is CC(C)c1cc(CNS(=O)(=O)CC2CCCC2)no1. The molecule has 1 aromatic rings. The van der Waals surface area contributed by atoms with Crippen LogP contribution in [0.4, 0.5) is 0 Å². The Balaban J connectivity index is 1.85. The quantitative estimate of drug-likeness (QED) is 0.871. The first kappa shape index (κ1) is 14.5. The molecule has 0 amide bonds. The largest absolute Gasteiger partial charge is 0.361 e. The molecule has 1 aliphatic rings. The van der Waals surface area contributed by atoms with E-state index in [4.69, 9.17) is 4.52 Å². The summed E-state index contributed by atoms with van der Waals surface area (Å²) in [6.45, 7) is 4.23. The number of rotatable bonds is 6. The fraction of sp³-hybridized carbons (Fsp3) is 0.769. The third-order valence-corrected chi connectivity index (χ3v) is 5.04. The number of nitrogens with one attached hydrogen (secondary N) is 1. The Hall–Kier alpha value is -0.880. The average molecular weight is 286 g/mol. The smallest absolute Gasteiger partial charge is 0.212 e. The molecule has 19 heavy (non-hydrogen) atoms. The molecule has 0 aromatic carbocycles. The first-order chi connectivity index (χ1) is 8.96. The second-order valence-electron chi connectivity index (χ2n) is 5.63. The maximum Gasteiger partial charge on any atom is 0.212 e. The minimum absolute atomic E-state index is 0.214. The van der Waals surface area contributed by atoms with Crippen molar-refractivity contribution >= 4 is 10.0 Å². The normalized spacial score (nSPS) is 17.4. The minimum atomic E-state index is -3.21. The van der Waals surface area contributed by atoms with Crippen LogP contribution in [-0.2, 0) is 16.6 Å². The van der Waals surface area contributed by atoms with Crippen LogP contribution in [0.15, 0.2) is 10.6 Å². The predicted octanol–water partition coefficient (Wildman–Crippen LogP) is 2.41. The molecule has 2 rings (SSSR count). The van der Waals surface area contributed by atoms with Gasteiger partial charge in [-0.1, -0.05) is 31.8 Å². The van der Waals surface area contributed by atoms with E-state index < -0.39 is 10.0 Å². The molecule has 0 unspecified atom stereocenters. The molecule has 5 nitrogen and oxygen atoms in total. The Morgan fingerprint density at radius 2 is 2.11 bits per heavy atom. The molecule has 1 fully saturated rings. The van der Waals surface area contributed by atoms with Crippen molar-refractivity contribution in [1.29, 1.82) is 0 Å². The second kappa shape index (κ2) is 6.05. The Bertz CT molecular complexity index is 502. The van der Waals surface area contributed by atoms with Gasteiger partial charge in [0.25, 0.3) is 0 Å². The van der Waals surface area contributed by atoms with Crippen LogP contribution in [-0.4, -0.2) is 19.3 Å². The maximum atomic E-state index is 11.9. The Labute approximate surface area is 114 Å². The fourth-order valence-corrected chi connectivity index (χ4v) is 3.85. The zero-order valence-corrected chi connectivity index (χ0v) is 12.4. The van der Waals surface area contributed by atoms with Gasteiger partial charge < -0.3 is 4.52 Å². The van der Waals surface area contributed by atoms with Gasteiger partial charge in [-0.25, -0.2) is 13.1 Å². The number of aromatic nitrogens is 1. The molecule has 1 N–H and O–H groups in total. The van der Waals surface area contributed by atoms with E-state index in [0.717, 1.165) is 31.4 Å². The van der Waals surface area contributed by atoms with Crippen molar-refractivity contribution in [2.24, 2.45) is 5.92 Å². The monoisotopic (exact) mass is 286 g/mol. The van der Waals surface area contributed by atoms with Crippen LogP contribution in [0, 0.1) is 5.92 Å². The predicted molar refractivity (Wildman–Crippen MR) is 73.2 cm³/mol. The maximum absolute atomic E-state index is 11.9. The van der Waals surface area contributed by atoms with Crippen LogP contribution < -0.4 is 4.72 Å². The molecular weight excluding hydrogens is 264 g/mol. The van der Waals surface area contributed by atoms with Crippen LogP contribution >= 0.6 is 0 Å². The summed E-state index contributed by atoms with van der Waals surface area (Å²) in [5, 5.41) is 3.87. The van der Waals surface area contributed by atoms with E-state index in [2.05, 4.69) is 9.88 Å². The van der Waals surface area contributed by atoms with Crippen LogP contribution in [0.25, 0.3) is 0 Å². The van der Waals surface area contributed by atoms with Gasteiger partial charge in [0.05, 0.1) is 18.0 Å². The van der Waals surface area contributed by atoms with Gasteiger partial charge in [-0.2, -0.15) is 0 Å². The van der Waals surface area contributed by atoms with Gasteiger partial charge in [-0.3, -0.25) is 0 Å². The molecule has 0 bridgehead atoms. The summed E-state index contributed by atoms with van der Waals surface area (Å²) in [4.78, 5) is 0. The average Bonchev–Trinajstić information content (AvgIpc) is 2.96. The lowest BCUT2D eigenvalue weighted by molar-refractivity contribution is 0.365. The van der Waals surface area contributed by atoms with Gasteiger partial charge in [0.2, 0.25) is 10.0 Å². The van der Waals surface area contributed by atoms with Gasteiger partial charge >= 0.3 is 0 Å². The second-order valence-corrected chi connectivity index (χ2v) is 7.48. The third-order valence-electron chi connectivity index (χ3n) is 3.55. The highest BCUT2D eigenvalue weighted by atomic mass is 32.2. The van der Waals surface area contributed by atoms with Crippen molar-refractivity contribution < 1.29 is 12.9 Å². The summed E-state index contributed by atoms with van der Waals surface area (Å²) in [6.07, 6.45) is 4.37. The minimum Gasteiger partial charge on any atom is -0.361 e. The van der Waals surface area contributed by atoms with E-state index in [-0.39, 0.29) is 18.2 Å². The van der Waals surface area contributed by atoms with Crippen molar-refractivity contribution in [3.05, 3.63) is 17.5 Å². The van der Waals surface area contributed by atoms with Gasteiger partial charge in [-0.05, 0) is 18.8 Å². The number of hydrogen-bond acceptors (Lipinski definition) is 4. The summed E-state index contributed by atoms with van der Waals surface area (Å²) in [5.74, 6) is 1.60. The first-order valence-electron chi connectivity index (χ1n) is 6.89. The highest BCUT2D eigenvalue weighted by molar-refractivity contribution is 7.89. The van der Waals surface area contributed by atoms with E-state index in [0.29, 0.717) is 11.6 Å². The van der Waals surface area contributed by atoms with Gasteiger partial charge in [0.15, 0.2) is 0 Å². The number of hydrogen-bond donors (Lipinski definition) is 1. The Morgan fingerprint density at radius 1 is 1.42 bits per heavy atom. The highest BCUT2D eigenvalue weighted by Crippen LogP contribution is 2.25. The molecule has 1 aliphatic carbocycles. The summed E-state index contributed by atoms with van der Waals surface area (Å²) < 4.78 is 31.6. The fourth-order valence-electron chi connectivity index (χ4n) is 2.41. The first-order valence-corrected chi connectivity index (χ1v) is 8.54. The van der Waals surface area contributed by atoms with E-state index in [1.807, 2.05) is 19.9 Å². The highest BCUT2D eigenvalue weighted by Gasteiger charge is 2.22. The van der Waals surface area contributed by atoms with E-state index >= 15 is 0 Å². The molecule has 1 heterocycles. The molecule has 0 atom stereocenters. The lowest BCUT2D eigenvalue weighted by Crippen LogP contribution is -2.28. The van der Waals surface area contributed by atoms with E-state index in [1.165, 1.54) is 0 Å².